The molecule has 0 radical (unpaired) electrons. The van der Waals surface area contributed by atoms with Crippen molar-refractivity contribution < 1.29 is 18.0 Å². The second-order valence-corrected chi connectivity index (χ2v) is 8.63. The SMILES string of the molecule is FC(F)(F)CN1N(c2cc3ccccc3s2)NO[C@@]12CC1CCC2CC1. The van der Waals surface area contributed by atoms with E-state index >= 15 is 0 Å². The zero-order valence-electron chi connectivity index (χ0n) is 14.1. The number of anilines is 1. The lowest BCUT2D eigenvalue weighted by atomic mass is 9.65. The van der Waals surface area contributed by atoms with Crippen LogP contribution in [0.25, 0.3) is 10.1 Å². The van der Waals surface area contributed by atoms with Gasteiger partial charge in [-0.1, -0.05) is 23.8 Å². The molecule has 1 N–H and O–H groups in total. The molecule has 0 amide bonds. The van der Waals surface area contributed by atoms with Crippen molar-refractivity contribution in [1.82, 2.24) is 10.6 Å². The lowest BCUT2D eigenvalue weighted by molar-refractivity contribution is -0.229. The Bertz CT molecular complexity index is 784. The molecule has 1 saturated heterocycles. The average Bonchev–Trinajstić information content (AvgIpc) is 3.17. The minimum absolute atomic E-state index is 0.127. The van der Waals surface area contributed by atoms with E-state index < -0.39 is 18.4 Å². The van der Waals surface area contributed by atoms with Gasteiger partial charge in [-0.15, -0.1) is 11.3 Å². The van der Waals surface area contributed by atoms with Gasteiger partial charge in [-0.2, -0.15) is 18.2 Å². The van der Waals surface area contributed by atoms with E-state index in [1.54, 1.807) is 0 Å². The summed E-state index contributed by atoms with van der Waals surface area (Å²) >= 11 is 1.47. The maximum Gasteiger partial charge on any atom is 0.403 e. The molecule has 1 atom stereocenters. The summed E-state index contributed by atoms with van der Waals surface area (Å²) < 4.78 is 41.3. The molecule has 3 saturated carbocycles. The molecule has 4 aliphatic rings. The van der Waals surface area contributed by atoms with Gasteiger partial charge >= 0.3 is 6.18 Å². The van der Waals surface area contributed by atoms with Gasteiger partial charge < -0.3 is 0 Å². The van der Waals surface area contributed by atoms with Crippen molar-refractivity contribution in [3.63, 3.8) is 0 Å². The van der Waals surface area contributed by atoms with Gasteiger partial charge in [0.1, 0.15) is 11.5 Å². The Morgan fingerprint density at radius 3 is 2.62 bits per heavy atom. The van der Waals surface area contributed by atoms with Gasteiger partial charge in [-0.25, -0.2) is 5.12 Å². The van der Waals surface area contributed by atoms with E-state index in [4.69, 9.17) is 4.84 Å². The van der Waals surface area contributed by atoms with E-state index in [1.165, 1.54) is 21.5 Å². The molecule has 4 nitrogen and oxygen atoms in total. The Morgan fingerprint density at radius 1 is 1.19 bits per heavy atom. The van der Waals surface area contributed by atoms with Crippen molar-refractivity contribution in [2.45, 2.75) is 44.0 Å². The zero-order valence-corrected chi connectivity index (χ0v) is 14.9. The van der Waals surface area contributed by atoms with Gasteiger partial charge in [-0.05, 0) is 55.5 Å². The van der Waals surface area contributed by atoms with Crippen LogP contribution >= 0.6 is 11.3 Å². The zero-order chi connectivity index (χ0) is 17.9. The highest BCUT2D eigenvalue weighted by Gasteiger charge is 2.60. The third kappa shape index (κ3) is 2.62. The van der Waals surface area contributed by atoms with Gasteiger partial charge in [0.2, 0.25) is 0 Å². The third-order valence-electron chi connectivity index (χ3n) is 6.00. The number of hydrogen-bond acceptors (Lipinski definition) is 5. The molecule has 6 rings (SSSR count). The second kappa shape index (κ2) is 5.82. The van der Waals surface area contributed by atoms with Crippen LogP contribution in [0.3, 0.4) is 0 Å². The van der Waals surface area contributed by atoms with E-state index in [0.717, 1.165) is 35.8 Å². The first-order chi connectivity index (χ1) is 12.4. The van der Waals surface area contributed by atoms with Crippen molar-refractivity contribution in [3.8, 4) is 0 Å². The fourth-order valence-corrected chi connectivity index (χ4v) is 5.87. The molecule has 26 heavy (non-hydrogen) atoms. The van der Waals surface area contributed by atoms with Crippen LogP contribution in [0, 0.1) is 11.8 Å². The summed E-state index contributed by atoms with van der Waals surface area (Å²) in [6, 6.07) is 9.73. The van der Waals surface area contributed by atoms with Crippen LogP contribution in [0.15, 0.2) is 30.3 Å². The van der Waals surface area contributed by atoms with Crippen molar-refractivity contribution >= 4 is 26.4 Å². The topological polar surface area (TPSA) is 27.7 Å². The molecule has 1 spiro atoms. The summed E-state index contributed by atoms with van der Waals surface area (Å²) in [7, 11) is 0. The van der Waals surface area contributed by atoms with Gasteiger partial charge in [0.15, 0.2) is 5.72 Å². The Balaban J connectivity index is 1.54. The summed E-state index contributed by atoms with van der Waals surface area (Å²) in [6.45, 7) is -1.02. The molecular weight excluding hydrogens is 363 g/mol. The predicted octanol–water partition coefficient (Wildman–Crippen LogP) is 4.84. The maximum absolute atomic E-state index is 13.4. The fourth-order valence-electron chi connectivity index (χ4n) is 4.84. The van der Waals surface area contributed by atoms with Crippen LogP contribution in [0.2, 0.25) is 0 Å². The fraction of sp³-hybridized carbons (Fsp3) is 0.556. The lowest BCUT2D eigenvalue weighted by Gasteiger charge is -2.51. The first-order valence-electron chi connectivity index (χ1n) is 9.01. The van der Waals surface area contributed by atoms with Crippen LogP contribution < -0.4 is 10.7 Å². The van der Waals surface area contributed by atoms with E-state index in [1.807, 2.05) is 30.3 Å². The molecule has 2 bridgehead atoms. The molecule has 2 heterocycles. The molecule has 140 valence electrons. The molecule has 8 heteroatoms. The third-order valence-corrected chi connectivity index (χ3v) is 7.09. The van der Waals surface area contributed by atoms with E-state index in [0.29, 0.717) is 17.3 Å². The standard InChI is InChI=1S/C18H20F3N3OS/c19-18(20,21)11-23-17(10-12-5-7-14(17)8-6-12)25-22-24(23)16-9-13-3-1-2-4-15(13)26-16/h1-4,9,12,14,22H,5-8,10-11H2/t12?,14?,17-/m1/s1. The second-order valence-electron chi connectivity index (χ2n) is 7.57. The minimum atomic E-state index is -4.30. The molecule has 1 aliphatic heterocycles. The maximum atomic E-state index is 13.4. The predicted molar refractivity (Wildman–Crippen MR) is 94.1 cm³/mol. The number of hydrazine groups is 2. The highest BCUT2D eigenvalue weighted by Crippen LogP contribution is 2.53. The smallest absolute Gasteiger partial charge is 0.256 e. The number of nitrogens with one attached hydrogen (secondary N) is 1. The summed E-state index contributed by atoms with van der Waals surface area (Å²) in [5, 5.41) is 4.62. The van der Waals surface area contributed by atoms with E-state index in [-0.39, 0.29) is 5.92 Å². The molecular formula is C18H20F3N3OS. The van der Waals surface area contributed by atoms with Crippen molar-refractivity contribution in [3.05, 3.63) is 30.3 Å². The summed E-state index contributed by atoms with van der Waals surface area (Å²) in [5.41, 5.74) is 1.93. The van der Waals surface area contributed by atoms with Crippen molar-refractivity contribution in [2.24, 2.45) is 11.8 Å². The monoisotopic (exact) mass is 383 g/mol. The molecule has 4 fully saturated rings. The van der Waals surface area contributed by atoms with Crippen molar-refractivity contribution in [1.29, 1.82) is 0 Å². The molecule has 2 aromatic rings. The van der Waals surface area contributed by atoms with Gasteiger partial charge in [-0.3, -0.25) is 4.84 Å². The number of alkyl halides is 3. The highest BCUT2D eigenvalue weighted by molar-refractivity contribution is 7.22. The van der Waals surface area contributed by atoms with E-state index in [9.17, 15) is 13.2 Å². The summed E-state index contributed by atoms with van der Waals surface area (Å²) in [4.78, 5) is 5.95. The number of fused-ring (bicyclic) bond motifs is 3. The largest absolute Gasteiger partial charge is 0.403 e. The number of hydrogen-bond donors (Lipinski definition) is 1. The number of rotatable bonds is 2. The average molecular weight is 383 g/mol. The van der Waals surface area contributed by atoms with Crippen LogP contribution in [0.5, 0.6) is 0 Å². The van der Waals surface area contributed by atoms with Gasteiger partial charge in [0, 0.05) is 10.6 Å². The molecule has 1 aromatic carbocycles. The first-order valence-corrected chi connectivity index (χ1v) is 9.83. The molecule has 0 unspecified atom stereocenters. The summed E-state index contributed by atoms with van der Waals surface area (Å²) in [5.74, 6) is 0.571. The number of thiophene rings is 1. The normalized spacial score (nSPS) is 32.2. The Morgan fingerprint density at radius 2 is 1.96 bits per heavy atom. The first kappa shape index (κ1) is 16.8. The van der Waals surface area contributed by atoms with Crippen LogP contribution in [-0.4, -0.2) is 23.5 Å². The lowest BCUT2D eigenvalue weighted by Crippen LogP contribution is -2.61. The van der Waals surface area contributed by atoms with Gasteiger partial charge in [0.25, 0.3) is 0 Å². The Hall–Kier alpha value is -1.35. The quantitative estimate of drug-likeness (QED) is 0.803. The summed E-state index contributed by atoms with van der Waals surface area (Å²) in [6.07, 6.45) is 0.412. The Kier molecular flexibility index (Phi) is 3.76. The van der Waals surface area contributed by atoms with Crippen LogP contribution in [0.4, 0.5) is 18.2 Å². The van der Waals surface area contributed by atoms with Gasteiger partial charge in [0.05, 0.1) is 0 Å². The molecule has 1 aromatic heterocycles. The highest BCUT2D eigenvalue weighted by atomic mass is 32.1. The van der Waals surface area contributed by atoms with E-state index in [2.05, 4.69) is 5.59 Å². The number of nitrogens with zero attached hydrogens (tertiary/aromatic N) is 2. The minimum Gasteiger partial charge on any atom is -0.256 e. The van der Waals surface area contributed by atoms with Crippen LogP contribution in [-0.2, 0) is 4.84 Å². The molecule has 3 aliphatic carbocycles. The number of benzene rings is 1. The Labute approximate surface area is 153 Å². The van der Waals surface area contributed by atoms with Crippen LogP contribution in [0.1, 0.15) is 32.1 Å². The number of halogens is 3. The van der Waals surface area contributed by atoms with Crippen molar-refractivity contribution in [2.75, 3.05) is 11.7 Å².